The number of urea groups is 1. The van der Waals surface area contributed by atoms with Gasteiger partial charge in [0.25, 0.3) is 0 Å². The zero-order chi connectivity index (χ0) is 23.8. The molecule has 0 saturated carbocycles. The van der Waals surface area contributed by atoms with E-state index < -0.39 is 0 Å². The molecule has 0 aliphatic carbocycles. The normalized spacial score (nSPS) is 10.5. The van der Waals surface area contributed by atoms with Crippen LogP contribution in [-0.4, -0.2) is 39.4 Å². The fourth-order valence-electron chi connectivity index (χ4n) is 3.73. The lowest BCUT2D eigenvalue weighted by Gasteiger charge is -2.28. The van der Waals surface area contributed by atoms with Crippen LogP contribution in [0.25, 0.3) is 0 Å². The van der Waals surface area contributed by atoms with E-state index in [2.05, 4.69) is 11.9 Å². The van der Waals surface area contributed by atoms with Gasteiger partial charge in [0, 0.05) is 37.7 Å². The molecule has 172 valence electrons. The van der Waals surface area contributed by atoms with Crippen molar-refractivity contribution in [2.45, 2.75) is 26.9 Å². The second kappa shape index (κ2) is 11.2. The SMILES string of the molecule is C=CCN(CC(=O)N(Cc1ccccc1)Cc1cccn1C)C(=O)Nc1c(C)cccc1C. The van der Waals surface area contributed by atoms with Crippen molar-refractivity contribution >= 4 is 17.6 Å². The maximum atomic E-state index is 13.4. The number of aromatic nitrogens is 1. The molecular weight excluding hydrogens is 412 g/mol. The zero-order valence-electron chi connectivity index (χ0n) is 19.6. The summed E-state index contributed by atoms with van der Waals surface area (Å²) in [5.41, 5.74) is 4.78. The lowest BCUT2D eigenvalue weighted by molar-refractivity contribution is -0.133. The molecule has 3 aromatic rings. The summed E-state index contributed by atoms with van der Waals surface area (Å²) in [6.45, 7) is 8.82. The van der Waals surface area contributed by atoms with Crippen LogP contribution in [0.5, 0.6) is 0 Å². The number of nitrogens with zero attached hydrogens (tertiary/aromatic N) is 3. The summed E-state index contributed by atoms with van der Waals surface area (Å²) in [5, 5.41) is 2.98. The van der Waals surface area contributed by atoms with E-state index in [0.29, 0.717) is 13.1 Å². The van der Waals surface area contributed by atoms with Crippen molar-refractivity contribution in [3.8, 4) is 0 Å². The van der Waals surface area contributed by atoms with Gasteiger partial charge in [-0.25, -0.2) is 4.79 Å². The minimum Gasteiger partial charge on any atom is -0.353 e. The molecular formula is C27H32N4O2. The Labute approximate surface area is 196 Å². The van der Waals surface area contributed by atoms with Crippen LogP contribution in [-0.2, 0) is 24.9 Å². The lowest BCUT2D eigenvalue weighted by atomic mass is 10.1. The fraction of sp³-hybridized carbons (Fsp3) is 0.259. The van der Waals surface area contributed by atoms with E-state index in [1.165, 1.54) is 4.90 Å². The van der Waals surface area contributed by atoms with Gasteiger partial charge >= 0.3 is 6.03 Å². The van der Waals surface area contributed by atoms with E-state index in [-0.39, 0.29) is 25.0 Å². The molecule has 33 heavy (non-hydrogen) atoms. The summed E-state index contributed by atoms with van der Waals surface area (Å²) in [7, 11) is 1.96. The minimum atomic E-state index is -0.320. The predicted octanol–water partition coefficient (Wildman–Crippen LogP) is 4.89. The third kappa shape index (κ3) is 6.35. The lowest BCUT2D eigenvalue weighted by Crippen LogP contribution is -2.44. The number of amides is 3. The summed E-state index contributed by atoms with van der Waals surface area (Å²) < 4.78 is 2.00. The first-order chi connectivity index (χ1) is 15.9. The highest BCUT2D eigenvalue weighted by Crippen LogP contribution is 2.20. The van der Waals surface area contributed by atoms with Crippen molar-refractivity contribution in [3.63, 3.8) is 0 Å². The van der Waals surface area contributed by atoms with Gasteiger partial charge in [0.05, 0.1) is 6.54 Å². The van der Waals surface area contributed by atoms with Gasteiger partial charge in [-0.15, -0.1) is 6.58 Å². The Morgan fingerprint density at radius 2 is 1.64 bits per heavy atom. The van der Waals surface area contributed by atoms with Gasteiger partial charge in [-0.2, -0.15) is 0 Å². The van der Waals surface area contributed by atoms with Crippen molar-refractivity contribution in [2.75, 3.05) is 18.4 Å². The molecule has 1 heterocycles. The monoisotopic (exact) mass is 444 g/mol. The number of carbonyl (C=O) groups excluding carboxylic acids is 2. The average Bonchev–Trinajstić information content (AvgIpc) is 3.20. The zero-order valence-corrected chi connectivity index (χ0v) is 19.6. The summed E-state index contributed by atoms with van der Waals surface area (Å²) in [6.07, 6.45) is 3.60. The molecule has 3 amide bonds. The summed E-state index contributed by atoms with van der Waals surface area (Å²) in [6, 6.07) is 19.4. The maximum Gasteiger partial charge on any atom is 0.322 e. The maximum absolute atomic E-state index is 13.4. The van der Waals surface area contributed by atoms with Crippen LogP contribution >= 0.6 is 0 Å². The first-order valence-corrected chi connectivity index (χ1v) is 11.0. The van der Waals surface area contributed by atoms with Crippen LogP contribution in [0.2, 0.25) is 0 Å². The molecule has 0 atom stereocenters. The summed E-state index contributed by atoms with van der Waals surface area (Å²) in [4.78, 5) is 29.8. The Morgan fingerprint density at radius 1 is 0.939 bits per heavy atom. The topological polar surface area (TPSA) is 57.6 Å². The van der Waals surface area contributed by atoms with Crippen molar-refractivity contribution in [1.29, 1.82) is 0 Å². The van der Waals surface area contributed by atoms with Gasteiger partial charge in [0.1, 0.15) is 6.54 Å². The number of carbonyl (C=O) groups is 2. The molecule has 6 nitrogen and oxygen atoms in total. The number of rotatable bonds is 9. The molecule has 2 aromatic carbocycles. The summed E-state index contributed by atoms with van der Waals surface area (Å²) in [5.74, 6) is -0.126. The standard InChI is InChI=1S/C27H32N4O2/c1-5-16-30(27(33)28-26-21(2)11-9-12-22(26)3)20-25(32)31(18-23-13-7-6-8-14-23)19-24-15-10-17-29(24)4/h5-15,17H,1,16,18-20H2,2-4H3,(H,28,33). The highest BCUT2D eigenvalue weighted by molar-refractivity contribution is 5.93. The molecule has 0 spiro atoms. The fourth-order valence-corrected chi connectivity index (χ4v) is 3.73. The Kier molecular flexibility index (Phi) is 8.08. The van der Waals surface area contributed by atoms with E-state index in [4.69, 9.17) is 0 Å². The number of hydrogen-bond acceptors (Lipinski definition) is 2. The Morgan fingerprint density at radius 3 is 2.24 bits per heavy atom. The van der Waals surface area contributed by atoms with Crippen molar-refractivity contribution in [1.82, 2.24) is 14.4 Å². The number of nitrogens with one attached hydrogen (secondary N) is 1. The van der Waals surface area contributed by atoms with Gasteiger partial charge in [0.2, 0.25) is 5.91 Å². The van der Waals surface area contributed by atoms with E-state index in [0.717, 1.165) is 28.1 Å². The molecule has 0 radical (unpaired) electrons. The smallest absolute Gasteiger partial charge is 0.322 e. The Hall–Kier alpha value is -3.80. The highest BCUT2D eigenvalue weighted by atomic mass is 16.2. The molecule has 3 rings (SSSR count). The van der Waals surface area contributed by atoms with Crippen LogP contribution in [0.3, 0.4) is 0 Å². The largest absolute Gasteiger partial charge is 0.353 e. The van der Waals surface area contributed by atoms with Crippen LogP contribution in [0.1, 0.15) is 22.4 Å². The highest BCUT2D eigenvalue weighted by Gasteiger charge is 2.22. The second-order valence-corrected chi connectivity index (χ2v) is 8.21. The Balaban J connectivity index is 1.78. The van der Waals surface area contributed by atoms with Gasteiger partial charge < -0.3 is 19.7 Å². The molecule has 6 heteroatoms. The summed E-state index contributed by atoms with van der Waals surface area (Å²) >= 11 is 0. The molecule has 0 aliphatic heterocycles. The van der Waals surface area contributed by atoms with E-state index >= 15 is 0 Å². The molecule has 1 aromatic heterocycles. The quantitative estimate of drug-likeness (QED) is 0.478. The van der Waals surface area contributed by atoms with Gasteiger partial charge in [-0.05, 0) is 42.7 Å². The third-order valence-electron chi connectivity index (χ3n) is 5.65. The van der Waals surface area contributed by atoms with Crippen LogP contribution in [0.4, 0.5) is 10.5 Å². The van der Waals surface area contributed by atoms with E-state index in [1.54, 1.807) is 11.0 Å². The second-order valence-electron chi connectivity index (χ2n) is 8.21. The van der Waals surface area contributed by atoms with Crippen LogP contribution < -0.4 is 5.32 Å². The molecule has 0 unspecified atom stereocenters. The molecule has 0 aliphatic rings. The van der Waals surface area contributed by atoms with Gasteiger partial charge in [0.15, 0.2) is 0 Å². The Bertz CT molecular complexity index is 1080. The number of para-hydroxylation sites is 1. The van der Waals surface area contributed by atoms with Crippen LogP contribution in [0, 0.1) is 13.8 Å². The van der Waals surface area contributed by atoms with Crippen molar-refractivity contribution in [3.05, 3.63) is 102 Å². The van der Waals surface area contributed by atoms with Gasteiger partial charge in [-0.3, -0.25) is 4.79 Å². The number of aryl methyl sites for hydroxylation is 3. The molecule has 0 fully saturated rings. The number of anilines is 1. The van der Waals surface area contributed by atoms with Crippen molar-refractivity contribution < 1.29 is 9.59 Å². The van der Waals surface area contributed by atoms with E-state index in [1.807, 2.05) is 92.3 Å². The number of benzene rings is 2. The van der Waals surface area contributed by atoms with E-state index in [9.17, 15) is 9.59 Å². The predicted molar refractivity (Wildman–Crippen MR) is 133 cm³/mol. The van der Waals surface area contributed by atoms with Crippen molar-refractivity contribution in [2.24, 2.45) is 7.05 Å². The van der Waals surface area contributed by atoms with Gasteiger partial charge in [-0.1, -0.05) is 54.6 Å². The first-order valence-electron chi connectivity index (χ1n) is 11.0. The third-order valence-corrected chi connectivity index (χ3v) is 5.65. The molecule has 0 saturated heterocycles. The molecule has 0 bridgehead atoms. The van der Waals surface area contributed by atoms with Crippen LogP contribution in [0.15, 0.2) is 79.5 Å². The molecule has 1 N–H and O–H groups in total. The number of hydrogen-bond donors (Lipinski definition) is 1. The first kappa shape index (κ1) is 23.9. The minimum absolute atomic E-state index is 0.0416. The average molecular weight is 445 g/mol.